The number of esters is 1. The summed E-state index contributed by atoms with van der Waals surface area (Å²) in [5, 5.41) is 12.5. The maximum Gasteiger partial charge on any atom is 0.328 e. The van der Waals surface area contributed by atoms with Crippen molar-refractivity contribution < 1.29 is 33.4 Å². The van der Waals surface area contributed by atoms with Crippen molar-refractivity contribution in [1.82, 2.24) is 16.0 Å². The van der Waals surface area contributed by atoms with Crippen LogP contribution in [0.4, 0.5) is 0 Å². The van der Waals surface area contributed by atoms with Gasteiger partial charge >= 0.3 is 5.97 Å². The Morgan fingerprint density at radius 3 is 1.82 bits per heavy atom. The molecule has 0 spiro atoms. The molecular formula is C52H67Cl2N7O7. The number of halogens is 2. The second-order valence-electron chi connectivity index (χ2n) is 17.4. The minimum absolute atomic E-state index is 0. The topological polar surface area (TPSA) is 222 Å². The van der Waals surface area contributed by atoms with Gasteiger partial charge in [-0.1, -0.05) is 118 Å². The van der Waals surface area contributed by atoms with Crippen molar-refractivity contribution in [2.45, 2.75) is 96.4 Å². The number of nitrogens with two attached hydrogens (primary N) is 3. The molecule has 3 atom stereocenters. The molecule has 0 bridgehead atoms. The predicted octanol–water partition coefficient (Wildman–Crippen LogP) is 7.49. The second kappa shape index (κ2) is 27.7. The number of rotatable bonds is 26. The third-order valence-electron chi connectivity index (χ3n) is 11.6. The molecule has 16 heteroatoms. The molecule has 366 valence electrons. The van der Waals surface area contributed by atoms with E-state index in [0.717, 1.165) is 50.4 Å². The van der Waals surface area contributed by atoms with E-state index in [-0.39, 0.29) is 62.7 Å². The molecule has 3 amide bonds. The van der Waals surface area contributed by atoms with Gasteiger partial charge in [0.1, 0.15) is 36.2 Å². The fourth-order valence-electron chi connectivity index (χ4n) is 7.97. The number of aliphatic imine (C=N–C) groups is 1. The van der Waals surface area contributed by atoms with Crippen molar-refractivity contribution in [3.05, 3.63) is 109 Å². The quantitative estimate of drug-likeness (QED) is 0.0139. The Morgan fingerprint density at radius 1 is 0.676 bits per heavy atom. The molecule has 1 fully saturated rings. The lowest BCUT2D eigenvalue weighted by atomic mass is 9.92. The highest BCUT2D eigenvalue weighted by Crippen LogP contribution is 2.46. The minimum atomic E-state index is -1.10. The Hall–Kier alpha value is -6.09. The lowest BCUT2D eigenvalue weighted by Gasteiger charge is -2.26. The molecule has 14 nitrogen and oxygen atoms in total. The molecule has 5 aromatic rings. The highest BCUT2D eigenvalue weighted by Gasteiger charge is 2.31. The number of fused-ring (bicyclic) bond motifs is 2. The van der Waals surface area contributed by atoms with E-state index in [0.29, 0.717) is 50.5 Å². The van der Waals surface area contributed by atoms with Gasteiger partial charge in [-0.15, -0.1) is 24.8 Å². The predicted molar refractivity (Wildman–Crippen MR) is 274 cm³/mol. The van der Waals surface area contributed by atoms with Crippen LogP contribution in [0.25, 0.3) is 32.7 Å². The van der Waals surface area contributed by atoms with Gasteiger partial charge in [0, 0.05) is 17.7 Å². The smallest absolute Gasteiger partial charge is 0.328 e. The van der Waals surface area contributed by atoms with Crippen LogP contribution in [-0.4, -0.2) is 74.1 Å². The van der Waals surface area contributed by atoms with Gasteiger partial charge in [0.15, 0.2) is 12.6 Å². The van der Waals surface area contributed by atoms with Crippen LogP contribution in [-0.2, 0) is 30.5 Å². The summed E-state index contributed by atoms with van der Waals surface area (Å²) in [6, 6.07) is 30.2. The molecule has 0 saturated heterocycles. The molecule has 68 heavy (non-hydrogen) atoms. The Morgan fingerprint density at radius 2 is 1.24 bits per heavy atom. The van der Waals surface area contributed by atoms with Crippen LogP contribution in [0.1, 0.15) is 77.2 Å². The zero-order valence-corrected chi connectivity index (χ0v) is 40.6. The second-order valence-corrected chi connectivity index (χ2v) is 17.4. The molecule has 0 heterocycles. The summed E-state index contributed by atoms with van der Waals surface area (Å²) in [6.07, 6.45) is 5.61. The van der Waals surface area contributed by atoms with E-state index in [4.69, 9.17) is 31.4 Å². The Kier molecular flexibility index (Phi) is 22.2. The zero-order valence-electron chi connectivity index (χ0n) is 39.0. The summed E-state index contributed by atoms with van der Waals surface area (Å²) in [5.41, 5.74) is 19.4. The first-order valence-electron chi connectivity index (χ1n) is 23.2. The fourth-order valence-corrected chi connectivity index (χ4v) is 7.97. The Balaban J connectivity index is 0.00000504. The standard InChI is InChI=1S/C52H65N7O7.2ClH/c1-34(2)31-43(51(63)66-32-36-13-4-3-5-14-36)59-50(62)42(20-12-29-56-52(54)55)58-49(61)41(19-10-11-28-53)57-46(60)33-65-45-26-24-38-16-7-9-18-40(38)48(45)47-39-17-8-6-15-37(39)23-25-44(47)64-30-27-35-21-22-35;;/h3-9,13-18,23-26,34-35,41-43H,10-12,19-22,27-33,53H2,1-2H3,(H,57,60)(H,58,61)(H,59,62)(H4,54,55,56);2*1H/t41-,42-,43+;;/m1../s1. The molecule has 1 aliphatic rings. The van der Waals surface area contributed by atoms with Crippen molar-refractivity contribution in [2.75, 3.05) is 26.3 Å². The summed E-state index contributed by atoms with van der Waals surface area (Å²) in [7, 11) is 0. The average Bonchev–Trinajstić information content (AvgIpc) is 4.15. The number of nitrogens with one attached hydrogen (secondary N) is 3. The molecule has 0 aliphatic heterocycles. The number of benzene rings is 5. The third kappa shape index (κ3) is 16.3. The van der Waals surface area contributed by atoms with Crippen LogP contribution in [0, 0.1) is 11.8 Å². The monoisotopic (exact) mass is 971 g/mol. The van der Waals surface area contributed by atoms with E-state index in [9.17, 15) is 19.2 Å². The van der Waals surface area contributed by atoms with Crippen LogP contribution < -0.4 is 42.6 Å². The first kappa shape index (κ1) is 54.5. The van der Waals surface area contributed by atoms with Crippen LogP contribution in [0.3, 0.4) is 0 Å². The summed E-state index contributed by atoms with van der Waals surface area (Å²) in [6.45, 7) is 4.69. The maximum atomic E-state index is 14.2. The minimum Gasteiger partial charge on any atom is -0.493 e. The van der Waals surface area contributed by atoms with Crippen LogP contribution >= 0.6 is 24.8 Å². The molecular weight excluding hydrogens is 906 g/mol. The first-order chi connectivity index (χ1) is 32.0. The lowest BCUT2D eigenvalue weighted by molar-refractivity contribution is -0.150. The van der Waals surface area contributed by atoms with Gasteiger partial charge in [-0.25, -0.2) is 4.79 Å². The Bertz CT molecular complexity index is 2450. The van der Waals surface area contributed by atoms with E-state index in [1.165, 1.54) is 12.8 Å². The molecule has 5 aromatic carbocycles. The number of carbonyl (C=O) groups excluding carboxylic acids is 4. The number of hydrogen-bond acceptors (Lipinski definition) is 9. The number of carbonyl (C=O) groups is 4. The average molecular weight is 973 g/mol. The summed E-state index contributed by atoms with van der Waals surface area (Å²) in [4.78, 5) is 59.5. The lowest BCUT2D eigenvalue weighted by Crippen LogP contribution is -2.56. The van der Waals surface area contributed by atoms with Gasteiger partial charge < -0.3 is 47.4 Å². The van der Waals surface area contributed by atoms with Gasteiger partial charge in [0.25, 0.3) is 5.91 Å². The molecule has 1 aliphatic carbocycles. The van der Waals surface area contributed by atoms with Gasteiger partial charge in [0.05, 0.1) is 6.61 Å². The molecule has 9 N–H and O–H groups in total. The van der Waals surface area contributed by atoms with Gasteiger partial charge in [-0.3, -0.25) is 19.4 Å². The van der Waals surface area contributed by atoms with Crippen LogP contribution in [0.2, 0.25) is 0 Å². The number of unbranched alkanes of at least 4 members (excludes halogenated alkanes) is 1. The number of hydrogen-bond donors (Lipinski definition) is 6. The van der Waals surface area contributed by atoms with Crippen LogP contribution in [0.5, 0.6) is 11.5 Å². The molecule has 6 rings (SSSR count). The highest BCUT2D eigenvalue weighted by atomic mass is 35.5. The van der Waals surface area contributed by atoms with Crippen molar-refractivity contribution in [3.8, 4) is 22.6 Å². The Labute approximate surface area is 411 Å². The first-order valence-corrected chi connectivity index (χ1v) is 23.2. The van der Waals surface area contributed by atoms with Gasteiger partial charge in [0.2, 0.25) is 11.8 Å². The van der Waals surface area contributed by atoms with E-state index >= 15 is 0 Å². The molecule has 1 saturated carbocycles. The maximum absolute atomic E-state index is 14.2. The third-order valence-corrected chi connectivity index (χ3v) is 11.6. The van der Waals surface area contributed by atoms with Crippen LogP contribution in [0.15, 0.2) is 108 Å². The number of nitrogens with zero attached hydrogens (tertiary/aromatic N) is 1. The molecule has 0 aromatic heterocycles. The summed E-state index contributed by atoms with van der Waals surface area (Å²) < 4.78 is 18.5. The normalized spacial score (nSPS) is 13.2. The SMILES string of the molecule is CC(C)C[C@H](NC(=O)[C@@H](CCCN=C(N)N)NC(=O)[C@@H](CCCCN)NC(=O)COc1ccc2ccccc2c1-c1c(OCCC2CC2)ccc2ccccc12)C(=O)OCc1ccccc1.Cl.Cl. The summed E-state index contributed by atoms with van der Waals surface area (Å²) >= 11 is 0. The molecule has 0 radical (unpaired) electrons. The van der Waals surface area contributed by atoms with Crippen molar-refractivity contribution in [1.29, 1.82) is 0 Å². The van der Waals surface area contributed by atoms with E-state index < -0.39 is 48.4 Å². The van der Waals surface area contributed by atoms with Crippen molar-refractivity contribution in [3.63, 3.8) is 0 Å². The summed E-state index contributed by atoms with van der Waals surface area (Å²) in [5.74, 6) is -0.452. The highest BCUT2D eigenvalue weighted by molar-refractivity contribution is 6.10. The molecule has 0 unspecified atom stereocenters. The van der Waals surface area contributed by atoms with Crippen molar-refractivity contribution >= 4 is 76.0 Å². The van der Waals surface area contributed by atoms with E-state index in [2.05, 4.69) is 39.1 Å². The van der Waals surface area contributed by atoms with E-state index in [1.54, 1.807) is 0 Å². The fraction of sp³-hybridized carbons (Fsp3) is 0.404. The number of amides is 3. The number of guanidine groups is 1. The van der Waals surface area contributed by atoms with Gasteiger partial charge in [-0.2, -0.15) is 0 Å². The number of ether oxygens (including phenoxy) is 3. The zero-order chi connectivity index (χ0) is 46.8. The van der Waals surface area contributed by atoms with Gasteiger partial charge in [-0.05, 0) is 103 Å². The van der Waals surface area contributed by atoms with Crippen molar-refractivity contribution in [2.24, 2.45) is 34.0 Å². The largest absolute Gasteiger partial charge is 0.493 e. The van der Waals surface area contributed by atoms with E-state index in [1.807, 2.05) is 98.8 Å².